The average molecular weight is 540 g/mol. The molecule has 1 unspecified atom stereocenters. The lowest BCUT2D eigenvalue weighted by molar-refractivity contribution is -0.306. The van der Waals surface area contributed by atoms with Gasteiger partial charge >= 0.3 is 0 Å². The van der Waals surface area contributed by atoms with E-state index in [9.17, 15) is 19.5 Å². The summed E-state index contributed by atoms with van der Waals surface area (Å²) < 4.78 is 10.7. The van der Waals surface area contributed by atoms with E-state index in [4.69, 9.17) is 20.9 Å². The fourth-order valence-electron chi connectivity index (χ4n) is 3.43. The molecule has 0 bridgehead atoms. The van der Waals surface area contributed by atoms with Gasteiger partial charge in [-0.2, -0.15) is 4.99 Å². The molecule has 0 saturated heterocycles. The Morgan fingerprint density at radius 2 is 1.84 bits per heavy atom. The molecule has 0 aliphatic heterocycles. The number of aliphatic carboxylic acids is 1. The number of nitrogens with zero attached hydrogens (tertiary/aromatic N) is 2. The van der Waals surface area contributed by atoms with Crippen LogP contribution in [0.15, 0.2) is 53.5 Å². The van der Waals surface area contributed by atoms with Crippen molar-refractivity contribution in [1.82, 2.24) is 10.3 Å². The zero-order valence-electron chi connectivity index (χ0n) is 20.7. The van der Waals surface area contributed by atoms with E-state index in [-0.39, 0.29) is 40.5 Å². The van der Waals surface area contributed by atoms with Crippen LogP contribution in [-0.2, 0) is 9.53 Å². The van der Waals surface area contributed by atoms with Gasteiger partial charge in [0.2, 0.25) is 5.13 Å². The minimum absolute atomic E-state index is 0.0837. The Kier molecular flexibility index (Phi) is 9.73. The predicted octanol–water partition coefficient (Wildman–Crippen LogP) is 1.25. The number of carboxylic acids is 1. The van der Waals surface area contributed by atoms with E-state index in [0.717, 1.165) is 11.3 Å². The Balaban J connectivity index is 1.89. The number of aromatic nitrogens is 1. The number of methoxy groups -OCH3 is 1. The highest BCUT2D eigenvalue weighted by molar-refractivity contribution is 7.17. The zero-order valence-corrected chi connectivity index (χ0v) is 21.5. The fourth-order valence-corrected chi connectivity index (χ4v) is 4.28. The molecule has 0 saturated carbocycles. The summed E-state index contributed by atoms with van der Waals surface area (Å²) in [4.78, 5) is 45.9. The number of guanidine groups is 1. The van der Waals surface area contributed by atoms with E-state index in [1.807, 2.05) is 0 Å². The van der Waals surface area contributed by atoms with Crippen LogP contribution in [0.3, 0.4) is 0 Å². The highest BCUT2D eigenvalue weighted by atomic mass is 32.1. The van der Waals surface area contributed by atoms with Gasteiger partial charge in [0, 0.05) is 25.2 Å². The second-order valence-corrected chi connectivity index (χ2v) is 8.94. The van der Waals surface area contributed by atoms with Crippen LogP contribution >= 0.6 is 11.3 Å². The number of amides is 2. The Bertz CT molecular complexity index is 1320. The molecule has 1 aromatic heterocycles. The normalized spacial score (nSPS) is 11.3. The van der Waals surface area contributed by atoms with Gasteiger partial charge in [-0.25, -0.2) is 4.98 Å². The number of rotatable bonds is 12. The topological polar surface area (TPSA) is 194 Å². The van der Waals surface area contributed by atoms with Gasteiger partial charge in [-0.05, 0) is 30.7 Å². The van der Waals surface area contributed by atoms with Crippen molar-refractivity contribution in [1.29, 1.82) is 0 Å². The molecular formula is C25H27N6O6S-. The largest absolute Gasteiger partial charge is 0.550 e. The van der Waals surface area contributed by atoms with E-state index >= 15 is 0 Å². The highest BCUT2D eigenvalue weighted by Crippen LogP contribution is 2.28. The van der Waals surface area contributed by atoms with Gasteiger partial charge in [-0.3, -0.25) is 9.59 Å². The van der Waals surface area contributed by atoms with E-state index < -0.39 is 30.2 Å². The van der Waals surface area contributed by atoms with Crippen LogP contribution in [0.2, 0.25) is 0 Å². The number of anilines is 1. The van der Waals surface area contributed by atoms with Crippen molar-refractivity contribution >= 4 is 45.9 Å². The summed E-state index contributed by atoms with van der Waals surface area (Å²) in [7, 11) is 1.51. The van der Waals surface area contributed by atoms with E-state index in [1.165, 1.54) is 19.2 Å². The summed E-state index contributed by atoms with van der Waals surface area (Å²) in [6, 6.07) is 12.3. The number of thiazole rings is 1. The number of nitrogens with two attached hydrogens (primary N) is 2. The fraction of sp³-hybridized carbons (Fsp3) is 0.240. The monoisotopic (exact) mass is 539 g/mol. The minimum Gasteiger partial charge on any atom is -0.550 e. The molecule has 0 aliphatic carbocycles. The van der Waals surface area contributed by atoms with Crippen molar-refractivity contribution in [2.75, 3.05) is 25.6 Å². The molecule has 3 aromatic rings. The summed E-state index contributed by atoms with van der Waals surface area (Å²) in [5.41, 5.74) is 12.2. The second-order valence-electron chi connectivity index (χ2n) is 7.97. The number of carbonyl (C=O) groups excluding carboxylic acids is 3. The number of hydrogen-bond donors (Lipinski definition) is 4. The van der Waals surface area contributed by atoms with E-state index in [2.05, 4.69) is 20.6 Å². The number of ether oxygens (including phenoxy) is 2. The van der Waals surface area contributed by atoms with Gasteiger partial charge in [0.05, 0.1) is 23.9 Å². The Morgan fingerprint density at radius 3 is 2.50 bits per heavy atom. The smallest absolute Gasteiger partial charge is 0.267 e. The SMILES string of the molecule is COCCOc1ccc(NC(=O)c2sc(N=C(N)N)nc2C)cc1C(=O)NC(CC(=O)[O-])c1ccccc1. The van der Waals surface area contributed by atoms with Gasteiger partial charge in [-0.1, -0.05) is 41.7 Å². The van der Waals surface area contributed by atoms with Gasteiger partial charge < -0.3 is 41.5 Å². The standard InChI is InChI=1S/C25H28N6O6S/c1-14-21(38-25(28-14)31-24(26)27)23(35)29-16-8-9-19(37-11-10-36-2)17(12-16)22(34)30-18(13-20(32)33)15-6-4-3-5-7-15/h3-9,12,18H,10-11,13H2,1-2H3,(H,29,35)(H,30,34)(H,32,33)(H4,26,27,28,31)/p-1. The highest BCUT2D eigenvalue weighted by Gasteiger charge is 2.21. The molecule has 13 heteroatoms. The molecule has 2 aromatic carbocycles. The minimum atomic E-state index is -1.32. The molecule has 12 nitrogen and oxygen atoms in total. The number of nitrogens with one attached hydrogen (secondary N) is 2. The average Bonchev–Trinajstić information content (AvgIpc) is 3.23. The summed E-state index contributed by atoms with van der Waals surface area (Å²) in [5.74, 6) is -2.36. The molecule has 2 amide bonds. The molecule has 0 spiro atoms. The van der Waals surface area contributed by atoms with Crippen LogP contribution in [0.1, 0.15) is 43.7 Å². The molecule has 0 fully saturated rings. The molecule has 1 atom stereocenters. The number of carbonyl (C=O) groups is 3. The summed E-state index contributed by atoms with van der Waals surface area (Å²) >= 11 is 1.00. The molecule has 6 N–H and O–H groups in total. The first-order chi connectivity index (χ1) is 18.2. The molecule has 200 valence electrons. The van der Waals surface area contributed by atoms with Crippen molar-refractivity contribution in [3.8, 4) is 5.75 Å². The van der Waals surface area contributed by atoms with E-state index in [0.29, 0.717) is 16.9 Å². The molecule has 0 aliphatic rings. The zero-order chi connectivity index (χ0) is 27.7. The van der Waals surface area contributed by atoms with Crippen LogP contribution in [0.4, 0.5) is 10.8 Å². The Hall–Kier alpha value is -4.49. The lowest BCUT2D eigenvalue weighted by Crippen LogP contribution is -2.34. The lowest BCUT2D eigenvalue weighted by atomic mass is 10.0. The number of aliphatic imine (C=N–C) groups is 1. The first-order valence-electron chi connectivity index (χ1n) is 11.4. The van der Waals surface area contributed by atoms with Crippen molar-refractivity contribution in [3.63, 3.8) is 0 Å². The number of carboxylic acid groups (broad SMARTS) is 1. The van der Waals surface area contributed by atoms with Crippen molar-refractivity contribution in [2.24, 2.45) is 16.5 Å². The van der Waals surface area contributed by atoms with Crippen molar-refractivity contribution < 1.29 is 29.0 Å². The predicted molar refractivity (Wildman–Crippen MR) is 140 cm³/mol. The maximum Gasteiger partial charge on any atom is 0.267 e. The van der Waals surface area contributed by atoms with Crippen molar-refractivity contribution in [3.05, 3.63) is 70.2 Å². The third kappa shape index (κ3) is 7.75. The maximum absolute atomic E-state index is 13.3. The molecular weight excluding hydrogens is 512 g/mol. The quantitative estimate of drug-likeness (QED) is 0.149. The second kappa shape index (κ2) is 13.2. The van der Waals surface area contributed by atoms with Gasteiger partial charge in [0.25, 0.3) is 11.8 Å². The number of benzene rings is 2. The number of aryl methyl sites for hydroxylation is 1. The summed E-state index contributed by atoms with van der Waals surface area (Å²) in [6.07, 6.45) is -0.436. The molecule has 3 rings (SSSR count). The van der Waals surface area contributed by atoms with Gasteiger partial charge in [0.1, 0.15) is 17.2 Å². The third-order valence-electron chi connectivity index (χ3n) is 5.12. The first kappa shape index (κ1) is 28.1. The molecule has 1 heterocycles. The lowest BCUT2D eigenvalue weighted by Gasteiger charge is -2.21. The summed E-state index contributed by atoms with van der Waals surface area (Å²) in [5, 5.41) is 17.1. The number of hydrogen-bond acceptors (Lipinski definition) is 9. The van der Waals surface area contributed by atoms with Crippen LogP contribution < -0.4 is 31.9 Å². The van der Waals surface area contributed by atoms with Crippen LogP contribution in [0, 0.1) is 6.92 Å². The van der Waals surface area contributed by atoms with E-state index in [1.54, 1.807) is 43.3 Å². The molecule has 38 heavy (non-hydrogen) atoms. The third-order valence-corrected chi connectivity index (χ3v) is 6.17. The van der Waals surface area contributed by atoms with Crippen LogP contribution in [-0.4, -0.2) is 49.1 Å². The van der Waals surface area contributed by atoms with Gasteiger partial charge in [0.15, 0.2) is 5.96 Å². The summed E-state index contributed by atoms with van der Waals surface area (Å²) in [6.45, 7) is 2.08. The molecule has 0 radical (unpaired) electrons. The maximum atomic E-state index is 13.3. The Morgan fingerprint density at radius 1 is 1.11 bits per heavy atom. The van der Waals surface area contributed by atoms with Crippen molar-refractivity contribution in [2.45, 2.75) is 19.4 Å². The van der Waals surface area contributed by atoms with Gasteiger partial charge in [-0.15, -0.1) is 0 Å². The van der Waals surface area contributed by atoms with Crippen LogP contribution in [0.5, 0.6) is 5.75 Å². The Labute approximate surface area is 222 Å². The van der Waals surface area contributed by atoms with Crippen LogP contribution in [0.25, 0.3) is 0 Å². The first-order valence-corrected chi connectivity index (χ1v) is 12.2.